The molecule has 1 aliphatic rings. The number of amides is 2. The number of carbonyl (C=O) groups excluding carboxylic acids is 2. The zero-order valence-electron chi connectivity index (χ0n) is 10.7. The molecule has 0 fully saturated rings. The number of anilines is 2. The van der Waals surface area contributed by atoms with Crippen molar-refractivity contribution >= 4 is 23.2 Å². The van der Waals surface area contributed by atoms with Crippen LogP contribution in [0.25, 0.3) is 0 Å². The maximum atomic E-state index is 13.9. The van der Waals surface area contributed by atoms with Crippen LogP contribution in [0.15, 0.2) is 36.4 Å². The van der Waals surface area contributed by atoms with Gasteiger partial charge in [0.2, 0.25) is 0 Å². The van der Waals surface area contributed by atoms with Gasteiger partial charge in [0.15, 0.2) is 0 Å². The molecule has 0 bridgehead atoms. The van der Waals surface area contributed by atoms with Gasteiger partial charge in [-0.05, 0) is 42.8 Å². The van der Waals surface area contributed by atoms with Crippen LogP contribution in [-0.4, -0.2) is 11.8 Å². The molecule has 0 atom stereocenters. The topological polar surface area (TPSA) is 63.4 Å². The second-order valence-corrected chi connectivity index (χ2v) is 4.71. The van der Waals surface area contributed by atoms with E-state index in [0.717, 1.165) is 10.5 Å². The van der Waals surface area contributed by atoms with E-state index in [1.54, 1.807) is 19.1 Å². The van der Waals surface area contributed by atoms with Crippen LogP contribution in [0.4, 0.5) is 15.8 Å². The SMILES string of the molecule is Cc1ccc(F)c(N2C(=O)c3ccc(N)cc3C2=O)c1. The summed E-state index contributed by atoms with van der Waals surface area (Å²) in [5, 5.41) is 0. The van der Waals surface area contributed by atoms with Gasteiger partial charge in [-0.15, -0.1) is 0 Å². The Kier molecular flexibility index (Phi) is 2.57. The molecule has 2 aromatic rings. The van der Waals surface area contributed by atoms with E-state index in [1.807, 2.05) is 0 Å². The Hall–Kier alpha value is -2.69. The first-order chi connectivity index (χ1) is 9.49. The highest BCUT2D eigenvalue weighted by Gasteiger charge is 2.37. The van der Waals surface area contributed by atoms with Crippen molar-refractivity contribution in [2.24, 2.45) is 0 Å². The summed E-state index contributed by atoms with van der Waals surface area (Å²) < 4.78 is 13.9. The molecule has 4 nitrogen and oxygen atoms in total. The Bertz CT molecular complexity index is 756. The van der Waals surface area contributed by atoms with Crippen molar-refractivity contribution in [2.45, 2.75) is 6.92 Å². The van der Waals surface area contributed by atoms with E-state index in [2.05, 4.69) is 0 Å². The van der Waals surface area contributed by atoms with Gasteiger partial charge in [-0.3, -0.25) is 9.59 Å². The van der Waals surface area contributed by atoms with E-state index in [0.29, 0.717) is 5.69 Å². The van der Waals surface area contributed by atoms with Crippen LogP contribution in [0, 0.1) is 12.7 Å². The monoisotopic (exact) mass is 270 g/mol. The number of hydrogen-bond acceptors (Lipinski definition) is 3. The van der Waals surface area contributed by atoms with Gasteiger partial charge in [-0.25, -0.2) is 9.29 Å². The lowest BCUT2D eigenvalue weighted by molar-refractivity contribution is 0.0925. The number of rotatable bonds is 1. The van der Waals surface area contributed by atoms with Crippen molar-refractivity contribution in [2.75, 3.05) is 10.6 Å². The third-order valence-electron chi connectivity index (χ3n) is 3.25. The lowest BCUT2D eigenvalue weighted by atomic mass is 10.1. The largest absolute Gasteiger partial charge is 0.399 e. The minimum atomic E-state index is -0.613. The van der Waals surface area contributed by atoms with Crippen molar-refractivity contribution in [1.82, 2.24) is 0 Å². The predicted octanol–water partition coefficient (Wildman–Crippen LogP) is 2.52. The molecule has 1 heterocycles. The molecule has 1 aliphatic heterocycles. The molecule has 3 rings (SSSR count). The number of aryl methyl sites for hydroxylation is 1. The second-order valence-electron chi connectivity index (χ2n) is 4.71. The third kappa shape index (κ3) is 1.67. The Labute approximate surface area is 114 Å². The van der Waals surface area contributed by atoms with Gasteiger partial charge in [0.25, 0.3) is 11.8 Å². The fraction of sp³-hybridized carbons (Fsp3) is 0.0667. The number of fused-ring (bicyclic) bond motifs is 1. The fourth-order valence-corrected chi connectivity index (χ4v) is 2.27. The molecule has 2 N–H and O–H groups in total. The van der Waals surface area contributed by atoms with Crippen LogP contribution in [0.5, 0.6) is 0 Å². The Morgan fingerprint density at radius 3 is 2.45 bits per heavy atom. The molecule has 0 aliphatic carbocycles. The summed E-state index contributed by atoms with van der Waals surface area (Å²) in [7, 11) is 0. The number of benzene rings is 2. The van der Waals surface area contributed by atoms with E-state index >= 15 is 0 Å². The average Bonchev–Trinajstić information content (AvgIpc) is 2.65. The van der Waals surface area contributed by atoms with Crippen molar-refractivity contribution in [3.05, 3.63) is 58.9 Å². The summed E-state index contributed by atoms with van der Waals surface area (Å²) in [6.07, 6.45) is 0. The molecule has 2 aromatic carbocycles. The van der Waals surface area contributed by atoms with E-state index in [4.69, 9.17) is 5.73 Å². The highest BCUT2D eigenvalue weighted by Crippen LogP contribution is 2.31. The van der Waals surface area contributed by atoms with Gasteiger partial charge in [0.05, 0.1) is 16.8 Å². The van der Waals surface area contributed by atoms with Crippen molar-refractivity contribution < 1.29 is 14.0 Å². The summed E-state index contributed by atoms with van der Waals surface area (Å²) in [6, 6.07) is 8.75. The van der Waals surface area contributed by atoms with Crippen LogP contribution >= 0.6 is 0 Å². The summed E-state index contributed by atoms with van der Waals surface area (Å²) in [5.74, 6) is -1.70. The predicted molar refractivity (Wildman–Crippen MR) is 73.1 cm³/mol. The first-order valence-corrected chi connectivity index (χ1v) is 6.03. The summed E-state index contributed by atoms with van der Waals surface area (Å²) in [5.41, 5.74) is 7.18. The molecule has 0 unspecified atom stereocenters. The highest BCUT2D eigenvalue weighted by atomic mass is 19.1. The van der Waals surface area contributed by atoms with E-state index in [9.17, 15) is 14.0 Å². The smallest absolute Gasteiger partial charge is 0.266 e. The molecule has 0 saturated carbocycles. The summed E-state index contributed by atoms with van der Waals surface area (Å²) >= 11 is 0. The Balaban J connectivity index is 2.16. The molecule has 0 spiro atoms. The van der Waals surface area contributed by atoms with Crippen LogP contribution in [-0.2, 0) is 0 Å². The Morgan fingerprint density at radius 2 is 1.70 bits per heavy atom. The number of imide groups is 1. The minimum Gasteiger partial charge on any atom is -0.399 e. The zero-order chi connectivity index (χ0) is 14.4. The minimum absolute atomic E-state index is 0.0326. The zero-order valence-corrected chi connectivity index (χ0v) is 10.7. The molecule has 100 valence electrons. The first kappa shape index (κ1) is 12.3. The molecule has 0 saturated heterocycles. The van der Waals surface area contributed by atoms with Gasteiger partial charge < -0.3 is 5.73 Å². The molecule has 0 aromatic heterocycles. The quantitative estimate of drug-likeness (QED) is 0.639. The van der Waals surface area contributed by atoms with Crippen molar-refractivity contribution in [1.29, 1.82) is 0 Å². The van der Waals surface area contributed by atoms with Gasteiger partial charge >= 0.3 is 0 Å². The van der Waals surface area contributed by atoms with Crippen LogP contribution < -0.4 is 10.6 Å². The molecule has 2 amide bonds. The lowest BCUT2D eigenvalue weighted by Crippen LogP contribution is -2.30. The number of carbonyl (C=O) groups is 2. The molecular weight excluding hydrogens is 259 g/mol. The maximum absolute atomic E-state index is 13.9. The molecule has 5 heteroatoms. The number of nitrogens with two attached hydrogens (primary N) is 1. The summed E-state index contributed by atoms with van der Waals surface area (Å²) in [6.45, 7) is 1.76. The highest BCUT2D eigenvalue weighted by molar-refractivity contribution is 6.34. The second kappa shape index (κ2) is 4.16. The van der Waals surface area contributed by atoms with E-state index < -0.39 is 17.6 Å². The summed E-state index contributed by atoms with van der Waals surface area (Å²) in [4.78, 5) is 25.4. The first-order valence-electron chi connectivity index (χ1n) is 6.03. The standard InChI is InChI=1S/C15H11FN2O2/c1-8-2-5-12(16)13(6-8)18-14(19)10-4-3-9(17)7-11(10)15(18)20/h2-7H,17H2,1H3. The number of nitrogen functional groups attached to an aromatic ring is 1. The van der Waals surface area contributed by atoms with Gasteiger partial charge in [-0.2, -0.15) is 0 Å². The van der Waals surface area contributed by atoms with Crippen molar-refractivity contribution in [3.8, 4) is 0 Å². The van der Waals surface area contributed by atoms with E-state index in [1.165, 1.54) is 24.3 Å². The molecule has 0 radical (unpaired) electrons. The van der Waals surface area contributed by atoms with Crippen LogP contribution in [0.1, 0.15) is 26.3 Å². The van der Waals surface area contributed by atoms with Crippen LogP contribution in [0.3, 0.4) is 0 Å². The van der Waals surface area contributed by atoms with Gasteiger partial charge in [-0.1, -0.05) is 6.07 Å². The number of nitrogens with zero attached hydrogens (tertiary/aromatic N) is 1. The van der Waals surface area contributed by atoms with Gasteiger partial charge in [0.1, 0.15) is 5.82 Å². The normalized spacial score (nSPS) is 13.8. The molecular formula is C15H11FN2O2. The number of halogens is 1. The van der Waals surface area contributed by atoms with Gasteiger partial charge in [0, 0.05) is 5.69 Å². The molecule has 20 heavy (non-hydrogen) atoms. The van der Waals surface area contributed by atoms with Crippen molar-refractivity contribution in [3.63, 3.8) is 0 Å². The fourth-order valence-electron chi connectivity index (χ4n) is 2.27. The Morgan fingerprint density at radius 1 is 1.00 bits per heavy atom. The van der Waals surface area contributed by atoms with E-state index in [-0.39, 0.29) is 16.8 Å². The number of hydrogen-bond donors (Lipinski definition) is 1. The lowest BCUT2D eigenvalue weighted by Gasteiger charge is -2.15. The average molecular weight is 270 g/mol. The van der Waals surface area contributed by atoms with Crippen LogP contribution in [0.2, 0.25) is 0 Å². The third-order valence-corrected chi connectivity index (χ3v) is 3.25. The maximum Gasteiger partial charge on any atom is 0.266 e.